The Morgan fingerprint density at radius 2 is 2.00 bits per heavy atom. The number of hydrogen-bond donors (Lipinski definition) is 1. The van der Waals surface area contributed by atoms with Gasteiger partial charge in [0.2, 0.25) is 0 Å². The molecule has 0 saturated carbocycles. The van der Waals surface area contributed by atoms with Gasteiger partial charge in [0.25, 0.3) is 0 Å². The van der Waals surface area contributed by atoms with Crippen LogP contribution in [-0.2, 0) is 0 Å². The van der Waals surface area contributed by atoms with Gasteiger partial charge in [-0.25, -0.2) is 4.98 Å². The molecule has 0 unspecified atom stereocenters. The molecule has 1 aromatic rings. The van der Waals surface area contributed by atoms with Crippen molar-refractivity contribution in [3.8, 4) is 16.3 Å². The molecule has 0 amide bonds. The number of anilines is 1. The van der Waals surface area contributed by atoms with Crippen molar-refractivity contribution in [2.45, 2.75) is 0 Å². The quantitative estimate of drug-likeness (QED) is 0.736. The average Bonchev–Trinajstić information content (AvgIpc) is 2.43. The fraction of sp³-hybridized carbons (Fsp3) is 0.200. The summed E-state index contributed by atoms with van der Waals surface area (Å²) >= 11 is 1.65. The van der Waals surface area contributed by atoms with Crippen molar-refractivity contribution in [3.63, 3.8) is 0 Å². The number of nitrogens with zero attached hydrogens (tertiary/aromatic N) is 2. The molecule has 5 heteroatoms. The molecule has 20 heavy (non-hydrogen) atoms. The highest BCUT2D eigenvalue weighted by atomic mass is 32.1. The van der Waals surface area contributed by atoms with Gasteiger partial charge < -0.3 is 9.64 Å². The molecule has 102 valence electrons. The van der Waals surface area contributed by atoms with Gasteiger partial charge in [-0.2, -0.15) is 0 Å². The summed E-state index contributed by atoms with van der Waals surface area (Å²) in [5, 5.41) is 8.31. The first kappa shape index (κ1) is 12.9. The summed E-state index contributed by atoms with van der Waals surface area (Å²) in [4.78, 5) is 7.73. The Kier molecular flexibility index (Phi) is 3.06. The summed E-state index contributed by atoms with van der Waals surface area (Å²) in [6.07, 6.45) is 0. The number of aromatic nitrogens is 1. The molecule has 4 nitrogen and oxygen atoms in total. The zero-order chi connectivity index (χ0) is 14.3. The summed E-state index contributed by atoms with van der Waals surface area (Å²) in [6, 6.07) is 9.85. The first-order chi connectivity index (χ1) is 9.58. The monoisotopic (exact) mass is 285 g/mol. The number of nitrogens with one attached hydrogen (secondary N) is 1. The van der Waals surface area contributed by atoms with Gasteiger partial charge in [-0.15, -0.1) is 11.3 Å². The van der Waals surface area contributed by atoms with E-state index < -0.39 is 0 Å². The third kappa shape index (κ3) is 2.10. The Bertz CT molecular complexity index is 810. The third-order valence-corrected chi connectivity index (χ3v) is 4.30. The largest absolute Gasteiger partial charge is 0.494 e. The molecule has 1 aromatic carbocycles. The number of ether oxygens (including phenoxy) is 1. The first-order valence-corrected chi connectivity index (χ1v) is 7.05. The number of rotatable bonds is 2. The van der Waals surface area contributed by atoms with Gasteiger partial charge >= 0.3 is 0 Å². The molecule has 1 aliphatic carbocycles. The summed E-state index contributed by atoms with van der Waals surface area (Å²) < 4.78 is 6.30. The fourth-order valence-electron chi connectivity index (χ4n) is 2.09. The Hall–Kier alpha value is -2.14. The normalized spacial score (nSPS) is 10.9. The molecule has 0 spiro atoms. The maximum Gasteiger partial charge on any atom is 0.145 e. The minimum absolute atomic E-state index is 0.390. The van der Waals surface area contributed by atoms with Crippen molar-refractivity contribution in [1.29, 1.82) is 5.41 Å². The van der Waals surface area contributed by atoms with E-state index in [0.717, 1.165) is 26.5 Å². The van der Waals surface area contributed by atoms with E-state index in [9.17, 15) is 0 Å². The lowest BCUT2D eigenvalue weighted by atomic mass is 10.2. The van der Waals surface area contributed by atoms with E-state index in [0.29, 0.717) is 11.1 Å². The lowest BCUT2D eigenvalue weighted by molar-refractivity contribution is 0.408. The molecule has 0 radical (unpaired) electrons. The molecule has 0 bridgehead atoms. The van der Waals surface area contributed by atoms with Crippen LogP contribution in [-0.4, -0.2) is 26.2 Å². The summed E-state index contributed by atoms with van der Waals surface area (Å²) in [5.74, 6) is 0.557. The third-order valence-electron chi connectivity index (χ3n) is 3.20. The highest BCUT2D eigenvalue weighted by molar-refractivity contribution is 7.21. The highest BCUT2D eigenvalue weighted by Gasteiger charge is 2.11. The van der Waals surface area contributed by atoms with Crippen LogP contribution in [0.25, 0.3) is 20.8 Å². The van der Waals surface area contributed by atoms with Crippen LogP contribution in [0.1, 0.15) is 0 Å². The number of hydrogen-bond acceptors (Lipinski definition) is 5. The van der Waals surface area contributed by atoms with Gasteiger partial charge in [-0.1, -0.05) is 0 Å². The fourth-order valence-corrected chi connectivity index (χ4v) is 3.11. The van der Waals surface area contributed by atoms with Crippen LogP contribution in [0, 0.1) is 5.41 Å². The molecule has 0 atom stereocenters. The molecular formula is C15H15N3OS. The average molecular weight is 285 g/mol. The highest BCUT2D eigenvalue weighted by Crippen LogP contribution is 2.32. The predicted octanol–water partition coefficient (Wildman–Crippen LogP) is 2.96. The maximum absolute atomic E-state index is 7.92. The van der Waals surface area contributed by atoms with Crippen LogP contribution in [0.4, 0.5) is 5.69 Å². The Labute approximate surface area is 121 Å². The predicted molar refractivity (Wildman–Crippen MR) is 83.0 cm³/mol. The molecule has 3 rings (SSSR count). The van der Waals surface area contributed by atoms with Crippen LogP contribution in [0.2, 0.25) is 0 Å². The maximum atomic E-state index is 7.92. The molecule has 0 aromatic heterocycles. The van der Waals surface area contributed by atoms with Crippen LogP contribution in [0.5, 0.6) is 5.75 Å². The molecule has 1 aliphatic heterocycles. The van der Waals surface area contributed by atoms with Crippen molar-refractivity contribution in [2.24, 2.45) is 0 Å². The lowest BCUT2D eigenvalue weighted by Gasteiger charge is -2.14. The van der Waals surface area contributed by atoms with E-state index >= 15 is 0 Å². The first-order valence-electron chi connectivity index (χ1n) is 6.23. The van der Waals surface area contributed by atoms with E-state index in [4.69, 9.17) is 10.1 Å². The van der Waals surface area contributed by atoms with Crippen molar-refractivity contribution >= 4 is 27.2 Å². The van der Waals surface area contributed by atoms with E-state index in [1.807, 2.05) is 32.3 Å². The minimum Gasteiger partial charge on any atom is -0.494 e. The zero-order valence-electron chi connectivity index (χ0n) is 11.6. The Balaban J connectivity index is 2.30. The van der Waals surface area contributed by atoms with Crippen LogP contribution >= 0.6 is 11.3 Å². The second-order valence-electron chi connectivity index (χ2n) is 4.78. The van der Waals surface area contributed by atoms with Gasteiger partial charge in [0, 0.05) is 25.8 Å². The second-order valence-corrected chi connectivity index (χ2v) is 5.86. The Morgan fingerprint density at radius 1 is 1.20 bits per heavy atom. The van der Waals surface area contributed by atoms with Gasteiger partial charge in [0.1, 0.15) is 5.75 Å². The van der Waals surface area contributed by atoms with E-state index in [1.165, 1.54) is 0 Å². The van der Waals surface area contributed by atoms with Gasteiger partial charge in [-0.05, 0) is 24.3 Å². The number of methoxy groups -OCH3 is 1. The smallest absolute Gasteiger partial charge is 0.145 e. The zero-order valence-corrected chi connectivity index (χ0v) is 12.4. The van der Waals surface area contributed by atoms with Crippen molar-refractivity contribution in [3.05, 3.63) is 35.7 Å². The van der Waals surface area contributed by atoms with Gasteiger partial charge in [0.15, 0.2) is 0 Å². The summed E-state index contributed by atoms with van der Waals surface area (Å²) in [5.41, 5.74) is 2.98. The van der Waals surface area contributed by atoms with Crippen molar-refractivity contribution in [2.75, 3.05) is 26.1 Å². The van der Waals surface area contributed by atoms with E-state index in [2.05, 4.69) is 22.0 Å². The van der Waals surface area contributed by atoms with Crippen LogP contribution in [0.3, 0.4) is 0 Å². The Morgan fingerprint density at radius 3 is 2.70 bits per heavy atom. The topological polar surface area (TPSA) is 49.2 Å². The van der Waals surface area contributed by atoms with Crippen molar-refractivity contribution in [1.82, 2.24) is 4.98 Å². The summed E-state index contributed by atoms with van der Waals surface area (Å²) in [7, 11) is 5.62. The molecule has 1 heterocycles. The van der Waals surface area contributed by atoms with Crippen molar-refractivity contribution < 1.29 is 4.74 Å². The SMILES string of the molecule is COc1cc2nc3ccc(N(C)C)cc3sc-2cc1=N. The van der Waals surface area contributed by atoms with Gasteiger partial charge in [-0.3, -0.25) is 5.41 Å². The van der Waals surface area contributed by atoms with E-state index in [1.54, 1.807) is 18.4 Å². The van der Waals surface area contributed by atoms with Crippen LogP contribution in [0.15, 0.2) is 30.3 Å². The number of benzene rings is 2. The summed E-state index contributed by atoms with van der Waals surface area (Å²) in [6.45, 7) is 0. The van der Waals surface area contributed by atoms with E-state index in [-0.39, 0.29) is 0 Å². The molecule has 1 N–H and O–H groups in total. The lowest BCUT2D eigenvalue weighted by Crippen LogP contribution is -2.08. The molecular weight excluding hydrogens is 270 g/mol. The van der Waals surface area contributed by atoms with Gasteiger partial charge in [0.05, 0.1) is 33.3 Å². The van der Waals surface area contributed by atoms with Crippen LogP contribution < -0.4 is 15.0 Å². The second kappa shape index (κ2) is 4.76. The molecule has 2 aliphatic rings. The standard InChI is InChI=1S/C15H15N3OS/c1-18(2)9-4-5-11-14(6-9)20-15-7-10(16)13(19-3)8-12(15)17-11/h4-8,16H,1-3H3. The number of fused-ring (bicyclic) bond motifs is 2. The minimum atomic E-state index is 0.390. The molecule has 0 saturated heterocycles. The molecule has 0 fully saturated rings.